The number of alkyl halides is 2. The van der Waals surface area contributed by atoms with Gasteiger partial charge in [0.15, 0.2) is 11.5 Å². The van der Waals surface area contributed by atoms with E-state index < -0.39 is 12.6 Å². The first kappa shape index (κ1) is 17.2. The molecule has 2 N–H and O–H groups in total. The van der Waals surface area contributed by atoms with Crippen molar-refractivity contribution in [3.05, 3.63) is 54.1 Å². The number of halogens is 2. The first-order valence-corrected chi connectivity index (χ1v) is 6.86. The summed E-state index contributed by atoms with van der Waals surface area (Å²) >= 11 is 0. The van der Waals surface area contributed by atoms with Gasteiger partial charge in [-0.2, -0.15) is 13.9 Å². The quantitative estimate of drug-likeness (QED) is 0.627. The number of carbonyl (C=O) groups excluding carboxylic acids is 1. The molecule has 0 saturated carbocycles. The first-order chi connectivity index (χ1) is 11.6. The summed E-state index contributed by atoms with van der Waals surface area (Å²) in [6.07, 6.45) is 1.29. The van der Waals surface area contributed by atoms with Gasteiger partial charge < -0.3 is 14.8 Å². The topological polar surface area (TPSA) is 72.0 Å². The Morgan fingerprint density at radius 3 is 2.58 bits per heavy atom. The molecule has 0 aliphatic carbocycles. The summed E-state index contributed by atoms with van der Waals surface area (Å²) in [5.41, 5.74) is 3.33. The van der Waals surface area contributed by atoms with Crippen LogP contribution in [-0.4, -0.2) is 26.0 Å². The molecule has 0 heterocycles. The van der Waals surface area contributed by atoms with Gasteiger partial charge in [0.25, 0.3) is 0 Å². The Morgan fingerprint density at radius 1 is 1.17 bits per heavy atom. The molecule has 0 aliphatic rings. The monoisotopic (exact) mass is 335 g/mol. The number of hydrogen-bond donors (Lipinski definition) is 2. The van der Waals surface area contributed by atoms with E-state index in [0.29, 0.717) is 11.3 Å². The molecule has 0 atom stereocenters. The van der Waals surface area contributed by atoms with E-state index in [4.69, 9.17) is 4.74 Å². The molecular weight excluding hydrogens is 320 g/mol. The maximum absolute atomic E-state index is 12.4. The van der Waals surface area contributed by atoms with Crippen LogP contribution in [0.2, 0.25) is 0 Å². The Labute approximate surface area is 137 Å². The van der Waals surface area contributed by atoms with Crippen LogP contribution in [0.15, 0.2) is 53.6 Å². The number of nitrogens with zero attached hydrogens (tertiary/aromatic N) is 1. The fraction of sp³-hybridized carbons (Fsp3) is 0.125. The highest BCUT2D eigenvalue weighted by atomic mass is 19.3. The van der Waals surface area contributed by atoms with Gasteiger partial charge in [0, 0.05) is 5.69 Å². The van der Waals surface area contributed by atoms with Gasteiger partial charge in [0.1, 0.15) is 0 Å². The minimum absolute atomic E-state index is 0.120. The number of para-hydroxylation sites is 1. The summed E-state index contributed by atoms with van der Waals surface area (Å²) in [6.45, 7) is -2.97. The summed E-state index contributed by atoms with van der Waals surface area (Å²) < 4.78 is 34.0. The smallest absolute Gasteiger partial charge is 0.387 e. The molecular formula is C16H15F2N3O3. The largest absolute Gasteiger partial charge is 0.493 e. The summed E-state index contributed by atoms with van der Waals surface area (Å²) in [6, 6.07) is 12.7. The molecule has 0 spiro atoms. The Hall–Kier alpha value is -3.16. The molecule has 0 saturated heterocycles. The van der Waals surface area contributed by atoms with Crippen LogP contribution < -0.4 is 20.2 Å². The molecule has 2 amide bonds. The number of ether oxygens (including phenoxy) is 2. The molecule has 2 aromatic carbocycles. The summed E-state index contributed by atoms with van der Waals surface area (Å²) in [4.78, 5) is 11.6. The Balaban J connectivity index is 1.97. The number of rotatable bonds is 6. The van der Waals surface area contributed by atoms with Crippen molar-refractivity contribution in [3.63, 3.8) is 0 Å². The minimum atomic E-state index is -2.97. The van der Waals surface area contributed by atoms with Crippen molar-refractivity contribution in [3.8, 4) is 11.5 Å². The molecule has 0 radical (unpaired) electrons. The number of urea groups is 1. The second kappa shape index (κ2) is 8.47. The van der Waals surface area contributed by atoms with E-state index in [0.717, 1.165) is 0 Å². The lowest BCUT2D eigenvalue weighted by atomic mass is 10.2. The Morgan fingerprint density at radius 2 is 1.92 bits per heavy atom. The van der Waals surface area contributed by atoms with Crippen LogP contribution in [0.3, 0.4) is 0 Å². The lowest BCUT2D eigenvalue weighted by molar-refractivity contribution is -0.0512. The molecule has 0 unspecified atom stereocenters. The number of amides is 2. The van der Waals surface area contributed by atoms with Gasteiger partial charge in [0.2, 0.25) is 0 Å². The van der Waals surface area contributed by atoms with Crippen molar-refractivity contribution in [1.82, 2.24) is 5.43 Å². The third kappa shape index (κ3) is 5.24. The lowest BCUT2D eigenvalue weighted by Crippen LogP contribution is -2.24. The van der Waals surface area contributed by atoms with Crippen molar-refractivity contribution >= 4 is 17.9 Å². The van der Waals surface area contributed by atoms with E-state index in [1.54, 1.807) is 30.3 Å². The number of hydrogen-bond acceptors (Lipinski definition) is 4. The third-order valence-corrected chi connectivity index (χ3v) is 2.82. The number of methoxy groups -OCH3 is 1. The van der Waals surface area contributed by atoms with Crippen LogP contribution in [0.25, 0.3) is 0 Å². The van der Waals surface area contributed by atoms with Gasteiger partial charge in [-0.25, -0.2) is 10.2 Å². The number of carbonyl (C=O) groups is 1. The van der Waals surface area contributed by atoms with Gasteiger partial charge in [0.05, 0.1) is 13.3 Å². The second-order valence-corrected chi connectivity index (χ2v) is 4.48. The highest BCUT2D eigenvalue weighted by Crippen LogP contribution is 2.28. The average molecular weight is 335 g/mol. The van der Waals surface area contributed by atoms with E-state index in [2.05, 4.69) is 20.6 Å². The molecule has 0 aromatic heterocycles. The van der Waals surface area contributed by atoms with Crippen LogP contribution >= 0.6 is 0 Å². The van der Waals surface area contributed by atoms with E-state index in [1.165, 1.54) is 25.5 Å². The SMILES string of the molecule is COc1ccc(/C=N\NC(=O)Nc2ccccc2)cc1OC(F)F. The first-order valence-electron chi connectivity index (χ1n) is 6.86. The highest BCUT2D eigenvalue weighted by molar-refractivity contribution is 5.90. The lowest BCUT2D eigenvalue weighted by Gasteiger charge is -2.10. The second-order valence-electron chi connectivity index (χ2n) is 4.48. The van der Waals surface area contributed by atoms with E-state index >= 15 is 0 Å². The standard InChI is InChI=1S/C16H15F2N3O3/c1-23-13-8-7-11(9-14(13)24-15(17)18)10-19-21-16(22)20-12-5-3-2-4-6-12/h2-10,15H,1H3,(H2,20,21,22)/b19-10-. The van der Waals surface area contributed by atoms with Crippen LogP contribution in [0, 0.1) is 0 Å². The predicted molar refractivity (Wildman–Crippen MR) is 85.8 cm³/mol. The molecule has 0 bridgehead atoms. The number of benzene rings is 2. The van der Waals surface area contributed by atoms with Gasteiger partial charge in [-0.05, 0) is 35.9 Å². The van der Waals surface area contributed by atoms with Gasteiger partial charge in [-0.1, -0.05) is 18.2 Å². The molecule has 0 fully saturated rings. The predicted octanol–water partition coefficient (Wildman–Crippen LogP) is 3.45. The van der Waals surface area contributed by atoms with Crippen LogP contribution in [-0.2, 0) is 0 Å². The van der Waals surface area contributed by atoms with Crippen LogP contribution in [0.4, 0.5) is 19.3 Å². The van der Waals surface area contributed by atoms with Gasteiger partial charge >= 0.3 is 12.6 Å². The zero-order chi connectivity index (χ0) is 17.4. The fourth-order valence-corrected chi connectivity index (χ4v) is 1.81. The molecule has 6 nitrogen and oxygen atoms in total. The number of anilines is 1. The van der Waals surface area contributed by atoms with Crippen LogP contribution in [0.5, 0.6) is 11.5 Å². The van der Waals surface area contributed by atoms with Crippen LogP contribution in [0.1, 0.15) is 5.56 Å². The van der Waals surface area contributed by atoms with E-state index in [9.17, 15) is 13.6 Å². The normalized spacial score (nSPS) is 10.7. The maximum atomic E-state index is 12.4. The fourth-order valence-electron chi connectivity index (χ4n) is 1.81. The third-order valence-electron chi connectivity index (χ3n) is 2.82. The molecule has 2 rings (SSSR count). The zero-order valence-electron chi connectivity index (χ0n) is 12.7. The van der Waals surface area contributed by atoms with Gasteiger partial charge in [-0.3, -0.25) is 0 Å². The molecule has 8 heteroatoms. The molecule has 0 aliphatic heterocycles. The van der Waals surface area contributed by atoms with Gasteiger partial charge in [-0.15, -0.1) is 0 Å². The van der Waals surface area contributed by atoms with E-state index in [1.807, 2.05) is 6.07 Å². The van der Waals surface area contributed by atoms with Crippen molar-refractivity contribution < 1.29 is 23.0 Å². The highest BCUT2D eigenvalue weighted by Gasteiger charge is 2.10. The molecule has 126 valence electrons. The minimum Gasteiger partial charge on any atom is -0.493 e. The van der Waals surface area contributed by atoms with Crippen molar-refractivity contribution in [2.75, 3.05) is 12.4 Å². The Kier molecular flexibility index (Phi) is 6.07. The van der Waals surface area contributed by atoms with Crippen molar-refractivity contribution in [1.29, 1.82) is 0 Å². The number of nitrogens with one attached hydrogen (secondary N) is 2. The summed E-state index contributed by atoms with van der Waals surface area (Å²) in [5.74, 6) is 0.0485. The molecule has 24 heavy (non-hydrogen) atoms. The maximum Gasteiger partial charge on any atom is 0.387 e. The van der Waals surface area contributed by atoms with Crippen molar-refractivity contribution in [2.45, 2.75) is 6.61 Å². The summed E-state index contributed by atoms with van der Waals surface area (Å²) in [7, 11) is 1.34. The summed E-state index contributed by atoms with van der Waals surface area (Å²) in [5, 5.41) is 6.32. The molecule has 2 aromatic rings. The van der Waals surface area contributed by atoms with Crippen molar-refractivity contribution in [2.24, 2.45) is 5.10 Å². The van der Waals surface area contributed by atoms with E-state index in [-0.39, 0.29) is 11.5 Å². The Bertz CT molecular complexity index is 709. The zero-order valence-corrected chi connectivity index (χ0v) is 12.7. The number of hydrazone groups is 1. The average Bonchev–Trinajstić information content (AvgIpc) is 2.55.